The number of nitrogens with zero attached hydrogens (tertiary/aromatic N) is 1. The van der Waals surface area contributed by atoms with E-state index in [9.17, 15) is 4.79 Å². The van der Waals surface area contributed by atoms with Crippen LogP contribution in [0.1, 0.15) is 24.8 Å². The van der Waals surface area contributed by atoms with Gasteiger partial charge in [0.2, 0.25) is 0 Å². The molecule has 1 aromatic carbocycles. The molecular formula is C14H20BrNO2. The van der Waals surface area contributed by atoms with E-state index in [0.717, 1.165) is 23.0 Å². The normalized spacial score (nSPS) is 12.5. The van der Waals surface area contributed by atoms with Crippen LogP contribution >= 0.6 is 15.9 Å². The Morgan fingerprint density at radius 3 is 2.50 bits per heavy atom. The number of hydrogen-bond donors (Lipinski definition) is 0. The van der Waals surface area contributed by atoms with E-state index >= 15 is 0 Å². The fourth-order valence-corrected chi connectivity index (χ4v) is 1.83. The van der Waals surface area contributed by atoms with Crippen LogP contribution in [0.2, 0.25) is 0 Å². The molecule has 0 bridgehead atoms. The molecule has 0 saturated carbocycles. The van der Waals surface area contributed by atoms with Crippen LogP contribution in [-0.2, 0) is 9.53 Å². The van der Waals surface area contributed by atoms with Gasteiger partial charge in [-0.05, 0) is 45.1 Å². The first-order chi connectivity index (χ1) is 8.50. The van der Waals surface area contributed by atoms with Gasteiger partial charge in [-0.25, -0.2) is 0 Å². The summed E-state index contributed by atoms with van der Waals surface area (Å²) >= 11 is 3.38. The number of ether oxygens (including phenoxy) is 1. The van der Waals surface area contributed by atoms with Crippen molar-refractivity contribution >= 4 is 21.9 Å². The molecule has 100 valence electrons. The minimum Gasteiger partial charge on any atom is -0.465 e. The largest absolute Gasteiger partial charge is 0.465 e. The summed E-state index contributed by atoms with van der Waals surface area (Å²) in [6.45, 7) is 3.29. The van der Waals surface area contributed by atoms with Gasteiger partial charge in [0.15, 0.2) is 0 Å². The molecule has 4 heteroatoms. The smallest absolute Gasteiger partial charge is 0.313 e. The third-order valence-corrected chi connectivity index (χ3v) is 3.25. The molecule has 0 aliphatic heterocycles. The van der Waals surface area contributed by atoms with E-state index in [4.69, 9.17) is 4.74 Å². The van der Waals surface area contributed by atoms with Crippen molar-refractivity contribution in [2.75, 3.05) is 27.2 Å². The van der Waals surface area contributed by atoms with Crippen molar-refractivity contribution in [2.45, 2.75) is 19.3 Å². The standard InChI is InChI=1S/C14H20BrNO2/c1-11(12-5-7-13(15)8-6-12)14(17)18-10-4-9-16(2)3/h5-8,11H,4,9-10H2,1-3H3. The lowest BCUT2D eigenvalue weighted by Crippen LogP contribution is -2.18. The van der Waals surface area contributed by atoms with E-state index in [0.29, 0.717) is 6.61 Å². The maximum atomic E-state index is 11.8. The van der Waals surface area contributed by atoms with Gasteiger partial charge in [-0.15, -0.1) is 0 Å². The molecule has 0 aliphatic rings. The predicted molar refractivity (Wildman–Crippen MR) is 76.7 cm³/mol. The molecule has 0 heterocycles. The van der Waals surface area contributed by atoms with Crippen LogP contribution in [0.15, 0.2) is 28.7 Å². The molecule has 1 atom stereocenters. The molecule has 3 nitrogen and oxygen atoms in total. The van der Waals surface area contributed by atoms with E-state index in [1.807, 2.05) is 45.3 Å². The number of hydrogen-bond acceptors (Lipinski definition) is 3. The third kappa shape index (κ3) is 5.19. The highest BCUT2D eigenvalue weighted by molar-refractivity contribution is 9.10. The van der Waals surface area contributed by atoms with Gasteiger partial charge in [-0.2, -0.15) is 0 Å². The summed E-state index contributed by atoms with van der Waals surface area (Å²) in [6.07, 6.45) is 0.867. The van der Waals surface area contributed by atoms with Gasteiger partial charge in [0.25, 0.3) is 0 Å². The monoisotopic (exact) mass is 313 g/mol. The highest BCUT2D eigenvalue weighted by atomic mass is 79.9. The van der Waals surface area contributed by atoms with Gasteiger partial charge in [-0.1, -0.05) is 28.1 Å². The Morgan fingerprint density at radius 2 is 1.94 bits per heavy atom. The van der Waals surface area contributed by atoms with Gasteiger partial charge >= 0.3 is 5.97 Å². The average Bonchev–Trinajstić information content (AvgIpc) is 2.34. The molecule has 18 heavy (non-hydrogen) atoms. The molecule has 0 radical (unpaired) electrons. The van der Waals surface area contributed by atoms with E-state index in [-0.39, 0.29) is 11.9 Å². The lowest BCUT2D eigenvalue weighted by atomic mass is 10.0. The summed E-state index contributed by atoms with van der Waals surface area (Å²) in [5, 5.41) is 0. The van der Waals surface area contributed by atoms with Crippen LogP contribution in [-0.4, -0.2) is 38.1 Å². The lowest BCUT2D eigenvalue weighted by Gasteiger charge is -2.13. The third-order valence-electron chi connectivity index (χ3n) is 2.72. The fourth-order valence-electron chi connectivity index (χ4n) is 1.57. The van der Waals surface area contributed by atoms with Gasteiger partial charge < -0.3 is 9.64 Å². The van der Waals surface area contributed by atoms with Crippen LogP contribution < -0.4 is 0 Å². The number of carbonyl (C=O) groups excluding carboxylic acids is 1. The van der Waals surface area contributed by atoms with Crippen LogP contribution in [0.4, 0.5) is 0 Å². The number of rotatable bonds is 6. The van der Waals surface area contributed by atoms with Crippen molar-refractivity contribution in [2.24, 2.45) is 0 Å². The zero-order chi connectivity index (χ0) is 13.5. The molecule has 0 saturated heterocycles. The summed E-state index contributed by atoms with van der Waals surface area (Å²) in [6, 6.07) is 7.75. The Balaban J connectivity index is 2.39. The number of halogens is 1. The van der Waals surface area contributed by atoms with Crippen LogP contribution in [0, 0.1) is 0 Å². The van der Waals surface area contributed by atoms with E-state index in [1.165, 1.54) is 0 Å². The molecular weight excluding hydrogens is 294 g/mol. The lowest BCUT2D eigenvalue weighted by molar-refractivity contribution is -0.145. The molecule has 0 aromatic heterocycles. The number of carbonyl (C=O) groups is 1. The summed E-state index contributed by atoms with van der Waals surface area (Å²) in [7, 11) is 4.01. The van der Waals surface area contributed by atoms with Crippen molar-refractivity contribution in [3.63, 3.8) is 0 Å². The minimum absolute atomic E-state index is 0.156. The summed E-state index contributed by atoms with van der Waals surface area (Å²) in [5.74, 6) is -0.367. The molecule has 0 N–H and O–H groups in total. The minimum atomic E-state index is -0.211. The van der Waals surface area contributed by atoms with Crippen LogP contribution in [0.3, 0.4) is 0 Å². The maximum Gasteiger partial charge on any atom is 0.313 e. The second-order valence-electron chi connectivity index (χ2n) is 4.60. The van der Waals surface area contributed by atoms with Gasteiger partial charge in [0, 0.05) is 11.0 Å². The topological polar surface area (TPSA) is 29.5 Å². The van der Waals surface area contributed by atoms with E-state index < -0.39 is 0 Å². The zero-order valence-electron chi connectivity index (χ0n) is 11.1. The van der Waals surface area contributed by atoms with Crippen molar-refractivity contribution in [3.8, 4) is 0 Å². The van der Waals surface area contributed by atoms with Crippen molar-refractivity contribution in [3.05, 3.63) is 34.3 Å². The summed E-state index contributed by atoms with van der Waals surface area (Å²) < 4.78 is 6.27. The molecule has 0 amide bonds. The Morgan fingerprint density at radius 1 is 1.33 bits per heavy atom. The molecule has 0 fully saturated rings. The van der Waals surface area contributed by atoms with E-state index in [2.05, 4.69) is 20.8 Å². The van der Waals surface area contributed by atoms with Crippen molar-refractivity contribution in [1.29, 1.82) is 0 Å². The Labute approximate surface area is 117 Å². The Bertz CT molecular complexity index is 376. The summed E-state index contributed by atoms with van der Waals surface area (Å²) in [5.41, 5.74) is 0.982. The van der Waals surface area contributed by atoms with Gasteiger partial charge in [-0.3, -0.25) is 4.79 Å². The second kappa shape index (κ2) is 7.54. The molecule has 1 rings (SSSR count). The Hall–Kier alpha value is -0.870. The van der Waals surface area contributed by atoms with Gasteiger partial charge in [0.05, 0.1) is 12.5 Å². The Kier molecular flexibility index (Phi) is 6.36. The zero-order valence-corrected chi connectivity index (χ0v) is 12.7. The first-order valence-corrected chi connectivity index (χ1v) is 6.87. The summed E-state index contributed by atoms with van der Waals surface area (Å²) in [4.78, 5) is 13.9. The SMILES string of the molecule is CC(C(=O)OCCCN(C)C)c1ccc(Br)cc1. The molecule has 1 unspecified atom stereocenters. The second-order valence-corrected chi connectivity index (χ2v) is 5.51. The maximum absolute atomic E-state index is 11.8. The van der Waals surface area contributed by atoms with Crippen LogP contribution in [0.25, 0.3) is 0 Å². The average molecular weight is 314 g/mol. The predicted octanol–water partition coefficient (Wildman–Crippen LogP) is 3.05. The molecule has 0 aliphatic carbocycles. The molecule has 0 spiro atoms. The van der Waals surface area contributed by atoms with E-state index in [1.54, 1.807) is 0 Å². The number of esters is 1. The highest BCUT2D eigenvalue weighted by Crippen LogP contribution is 2.19. The van der Waals surface area contributed by atoms with Crippen molar-refractivity contribution < 1.29 is 9.53 Å². The number of benzene rings is 1. The quantitative estimate of drug-likeness (QED) is 0.597. The highest BCUT2D eigenvalue weighted by Gasteiger charge is 2.16. The van der Waals surface area contributed by atoms with Crippen LogP contribution in [0.5, 0.6) is 0 Å². The van der Waals surface area contributed by atoms with Gasteiger partial charge in [0.1, 0.15) is 0 Å². The first kappa shape index (κ1) is 15.2. The first-order valence-electron chi connectivity index (χ1n) is 6.07. The van der Waals surface area contributed by atoms with Crippen molar-refractivity contribution in [1.82, 2.24) is 4.90 Å². The molecule has 1 aromatic rings. The fraction of sp³-hybridized carbons (Fsp3) is 0.500.